The minimum atomic E-state index is -4.07. The Bertz CT molecular complexity index is 1060. The number of carbonyl (C=O) groups excluding carboxylic acids is 1. The summed E-state index contributed by atoms with van der Waals surface area (Å²) >= 11 is 5.89. The van der Waals surface area contributed by atoms with Crippen LogP contribution in [0.2, 0.25) is 5.02 Å². The van der Waals surface area contributed by atoms with Crippen LogP contribution in [0.15, 0.2) is 59.5 Å². The number of hydrogen-bond acceptors (Lipinski definition) is 4. The monoisotopic (exact) mass is 454 g/mol. The second-order valence-electron chi connectivity index (χ2n) is 7.30. The number of ether oxygens (including phenoxy) is 1. The summed E-state index contributed by atoms with van der Waals surface area (Å²) in [7, 11) is -2.81. The number of carbonyl (C=O) groups is 1. The van der Waals surface area contributed by atoms with Gasteiger partial charge >= 0.3 is 5.97 Å². The first-order valence-electron chi connectivity index (χ1n) is 9.41. The van der Waals surface area contributed by atoms with Gasteiger partial charge in [0.15, 0.2) is 9.84 Å². The van der Waals surface area contributed by atoms with Crippen molar-refractivity contribution in [2.45, 2.75) is 35.3 Å². The number of methoxy groups -OCH3 is 1. The molecule has 0 N–H and O–H groups in total. The number of allylic oxidation sites excluding steroid dienone is 1. The summed E-state index contributed by atoms with van der Waals surface area (Å²) in [5.74, 6) is -2.05. The summed E-state index contributed by atoms with van der Waals surface area (Å²) in [6.07, 6.45) is 3.90. The van der Waals surface area contributed by atoms with Crippen LogP contribution >= 0.6 is 11.6 Å². The summed E-state index contributed by atoms with van der Waals surface area (Å²) in [5, 5.41) is 0.372. The lowest BCUT2D eigenvalue weighted by atomic mass is 9.77. The molecule has 0 unspecified atom stereocenters. The van der Waals surface area contributed by atoms with Crippen molar-refractivity contribution < 1.29 is 26.7 Å². The second kappa shape index (κ2) is 8.86. The predicted molar refractivity (Wildman–Crippen MR) is 110 cm³/mol. The van der Waals surface area contributed by atoms with Crippen molar-refractivity contribution in [2.24, 2.45) is 5.92 Å². The van der Waals surface area contributed by atoms with E-state index < -0.39 is 32.2 Å². The summed E-state index contributed by atoms with van der Waals surface area (Å²) in [6, 6.07) is 8.54. The van der Waals surface area contributed by atoms with Gasteiger partial charge in [0.1, 0.15) is 16.4 Å². The summed E-state index contributed by atoms with van der Waals surface area (Å²) < 4.78 is 59.1. The van der Waals surface area contributed by atoms with E-state index in [1.165, 1.54) is 37.5 Å². The molecule has 1 aliphatic rings. The molecule has 8 heteroatoms. The van der Waals surface area contributed by atoms with Gasteiger partial charge in [0.25, 0.3) is 0 Å². The Hall–Kier alpha value is -2.25. The maximum Gasteiger partial charge on any atom is 0.330 e. The standard InChI is InChI=1S/C22H21ClF2O4S/c1-29-21(26)9-2-15-10-12-22(13-11-15,19-14-17(24)5-8-20(19)25)30(27,28)18-6-3-16(23)4-7-18/h2-9,14-15H,10-13H2,1H3/b9-2+. The van der Waals surface area contributed by atoms with Crippen molar-refractivity contribution in [1.29, 1.82) is 0 Å². The molecule has 0 bridgehead atoms. The van der Waals surface area contributed by atoms with Crippen molar-refractivity contribution in [3.8, 4) is 0 Å². The van der Waals surface area contributed by atoms with E-state index in [2.05, 4.69) is 4.74 Å². The summed E-state index contributed by atoms with van der Waals surface area (Å²) in [4.78, 5) is 11.3. The first-order chi connectivity index (χ1) is 14.2. The number of sulfone groups is 1. The zero-order chi connectivity index (χ0) is 21.9. The molecule has 30 heavy (non-hydrogen) atoms. The molecule has 2 aromatic carbocycles. The Morgan fingerprint density at radius 3 is 2.37 bits per heavy atom. The van der Waals surface area contributed by atoms with Crippen LogP contribution in [0.25, 0.3) is 0 Å². The van der Waals surface area contributed by atoms with Gasteiger partial charge in [0.05, 0.1) is 12.0 Å². The fraction of sp³-hybridized carbons (Fsp3) is 0.318. The van der Waals surface area contributed by atoms with Crippen LogP contribution in [-0.4, -0.2) is 21.5 Å². The Labute approximate surface area is 179 Å². The molecule has 160 valence electrons. The molecule has 0 saturated heterocycles. The van der Waals surface area contributed by atoms with Crippen molar-refractivity contribution in [1.82, 2.24) is 0 Å². The van der Waals surface area contributed by atoms with Crippen LogP contribution in [0.4, 0.5) is 8.78 Å². The highest BCUT2D eigenvalue weighted by atomic mass is 35.5. The molecule has 0 atom stereocenters. The Morgan fingerprint density at radius 2 is 1.77 bits per heavy atom. The van der Waals surface area contributed by atoms with Crippen LogP contribution in [0.5, 0.6) is 0 Å². The van der Waals surface area contributed by atoms with Gasteiger partial charge in [-0.15, -0.1) is 0 Å². The van der Waals surface area contributed by atoms with E-state index in [-0.39, 0.29) is 29.2 Å². The van der Waals surface area contributed by atoms with E-state index in [1.807, 2.05) is 0 Å². The quantitative estimate of drug-likeness (QED) is 0.460. The van der Waals surface area contributed by atoms with Crippen molar-refractivity contribution in [2.75, 3.05) is 7.11 Å². The molecule has 1 aliphatic carbocycles. The van der Waals surface area contributed by atoms with Gasteiger partial charge in [-0.1, -0.05) is 17.7 Å². The smallest absolute Gasteiger partial charge is 0.330 e. The molecule has 3 rings (SSSR count). The molecule has 0 aromatic heterocycles. The lowest BCUT2D eigenvalue weighted by Crippen LogP contribution is -2.40. The van der Waals surface area contributed by atoms with Crippen LogP contribution in [-0.2, 0) is 24.1 Å². The van der Waals surface area contributed by atoms with Gasteiger partial charge in [-0.05, 0) is 74.1 Å². The highest BCUT2D eigenvalue weighted by molar-refractivity contribution is 7.92. The average Bonchev–Trinajstić information content (AvgIpc) is 2.74. The van der Waals surface area contributed by atoms with Crippen LogP contribution in [0.3, 0.4) is 0 Å². The lowest BCUT2D eigenvalue weighted by molar-refractivity contribution is -0.134. The maximum absolute atomic E-state index is 14.8. The van der Waals surface area contributed by atoms with E-state index in [9.17, 15) is 22.0 Å². The highest BCUT2D eigenvalue weighted by Gasteiger charge is 2.49. The van der Waals surface area contributed by atoms with Crippen LogP contribution in [0.1, 0.15) is 31.2 Å². The van der Waals surface area contributed by atoms with Crippen LogP contribution in [0, 0.1) is 17.6 Å². The molecular weight excluding hydrogens is 434 g/mol. The zero-order valence-corrected chi connectivity index (χ0v) is 17.8. The third-order valence-corrected chi connectivity index (χ3v) is 8.40. The molecule has 0 aliphatic heterocycles. The van der Waals surface area contributed by atoms with E-state index in [4.69, 9.17) is 11.6 Å². The molecule has 0 amide bonds. The van der Waals surface area contributed by atoms with Crippen LogP contribution < -0.4 is 0 Å². The number of hydrogen-bond donors (Lipinski definition) is 0. The molecule has 0 spiro atoms. The van der Waals surface area contributed by atoms with E-state index in [0.717, 1.165) is 18.2 Å². The number of benzene rings is 2. The molecule has 1 saturated carbocycles. The minimum absolute atomic E-state index is 0.000820. The predicted octanol–water partition coefficient (Wildman–Crippen LogP) is 5.21. The SMILES string of the molecule is COC(=O)/C=C/C1CCC(c2cc(F)ccc2F)(S(=O)(=O)c2ccc(Cl)cc2)CC1. The summed E-state index contributed by atoms with van der Waals surface area (Å²) in [6.45, 7) is 0. The maximum atomic E-state index is 14.8. The second-order valence-corrected chi connectivity index (χ2v) is 9.99. The molecule has 1 fully saturated rings. The van der Waals surface area contributed by atoms with Crippen molar-refractivity contribution in [3.05, 3.63) is 76.8 Å². The van der Waals surface area contributed by atoms with Gasteiger partial charge in [0, 0.05) is 16.7 Å². The third kappa shape index (κ3) is 4.27. The highest BCUT2D eigenvalue weighted by Crippen LogP contribution is 2.49. The molecule has 0 heterocycles. The van der Waals surface area contributed by atoms with Gasteiger partial charge in [-0.2, -0.15) is 0 Å². The van der Waals surface area contributed by atoms with E-state index >= 15 is 0 Å². The van der Waals surface area contributed by atoms with Crippen molar-refractivity contribution in [3.63, 3.8) is 0 Å². The topological polar surface area (TPSA) is 60.4 Å². The first kappa shape index (κ1) is 22.4. The zero-order valence-electron chi connectivity index (χ0n) is 16.3. The third-order valence-electron chi connectivity index (χ3n) is 5.60. The van der Waals surface area contributed by atoms with E-state index in [1.54, 1.807) is 6.08 Å². The van der Waals surface area contributed by atoms with Gasteiger partial charge in [-0.25, -0.2) is 22.0 Å². The Morgan fingerprint density at radius 1 is 1.13 bits per heavy atom. The number of esters is 1. The number of rotatable bonds is 5. The van der Waals surface area contributed by atoms with Crippen molar-refractivity contribution >= 4 is 27.4 Å². The van der Waals surface area contributed by atoms with Gasteiger partial charge in [0.2, 0.25) is 0 Å². The van der Waals surface area contributed by atoms with Gasteiger partial charge < -0.3 is 4.74 Å². The fourth-order valence-corrected chi connectivity index (χ4v) is 6.24. The molecule has 2 aromatic rings. The van der Waals surface area contributed by atoms with E-state index in [0.29, 0.717) is 17.9 Å². The Balaban J connectivity index is 2.06. The van der Waals surface area contributed by atoms with Gasteiger partial charge in [-0.3, -0.25) is 0 Å². The average molecular weight is 455 g/mol. The first-order valence-corrected chi connectivity index (χ1v) is 11.3. The largest absolute Gasteiger partial charge is 0.466 e. The number of halogens is 3. The molecule has 4 nitrogen and oxygen atoms in total. The normalized spacial score (nSPS) is 22.2. The summed E-state index contributed by atoms with van der Waals surface area (Å²) in [5.41, 5.74) is -0.173. The molecular formula is C22H21ClF2O4S. The minimum Gasteiger partial charge on any atom is -0.466 e. The lowest BCUT2D eigenvalue weighted by Gasteiger charge is -2.39. The fourth-order valence-electron chi connectivity index (χ4n) is 3.95. The Kier molecular flexibility index (Phi) is 6.62. The molecule has 0 radical (unpaired) electrons.